The van der Waals surface area contributed by atoms with Gasteiger partial charge in [0, 0.05) is 5.56 Å². The van der Waals surface area contributed by atoms with E-state index in [1.807, 2.05) is 6.92 Å². The van der Waals surface area contributed by atoms with Crippen LogP contribution >= 0.6 is 0 Å². The molecular weight excluding hydrogens is 404 g/mol. The lowest BCUT2D eigenvalue weighted by atomic mass is 10.1. The number of benzene rings is 1. The van der Waals surface area contributed by atoms with Crippen molar-refractivity contribution >= 4 is 17.4 Å². The predicted octanol–water partition coefficient (Wildman–Crippen LogP) is 2.05. The summed E-state index contributed by atoms with van der Waals surface area (Å²) in [7, 11) is 0. The topological polar surface area (TPSA) is 159 Å². The number of aromatic nitrogens is 5. The highest BCUT2D eigenvalue weighted by atomic mass is 16.6. The van der Waals surface area contributed by atoms with Crippen LogP contribution in [0.15, 0.2) is 56.8 Å². The number of amides is 1. The first kappa shape index (κ1) is 19.8. The molecule has 4 aromatic rings. The average molecular weight is 422 g/mol. The van der Waals surface area contributed by atoms with E-state index in [4.69, 9.17) is 14.9 Å². The summed E-state index contributed by atoms with van der Waals surface area (Å²) in [5.74, 6) is 0.715. The van der Waals surface area contributed by atoms with Crippen LogP contribution in [-0.2, 0) is 0 Å². The van der Waals surface area contributed by atoms with Crippen molar-refractivity contribution in [1.82, 2.24) is 30.7 Å². The molecule has 158 valence electrons. The molecule has 0 aliphatic heterocycles. The molecule has 0 bridgehead atoms. The van der Waals surface area contributed by atoms with Gasteiger partial charge in [0.1, 0.15) is 22.9 Å². The molecule has 0 radical (unpaired) electrons. The van der Waals surface area contributed by atoms with Gasteiger partial charge in [-0.25, -0.2) is 10.1 Å². The second-order valence-electron chi connectivity index (χ2n) is 6.24. The number of nitrogens with two attached hydrogens (primary N) is 1. The highest BCUT2D eigenvalue weighted by Gasteiger charge is 2.25. The molecule has 12 heteroatoms. The molecule has 3 N–H and O–H groups in total. The van der Waals surface area contributed by atoms with Crippen molar-refractivity contribution in [2.45, 2.75) is 13.8 Å². The lowest BCUT2D eigenvalue weighted by molar-refractivity contribution is 0.0950. The Morgan fingerprint density at radius 1 is 1.26 bits per heavy atom. The average Bonchev–Trinajstić information content (AvgIpc) is 3.53. The Kier molecular flexibility index (Phi) is 5.43. The van der Waals surface area contributed by atoms with E-state index >= 15 is 0 Å². The Morgan fingerprint density at radius 2 is 2.06 bits per heavy atom. The zero-order valence-corrected chi connectivity index (χ0v) is 16.6. The number of hydrogen-bond donors (Lipinski definition) is 2. The number of furan rings is 1. The van der Waals surface area contributed by atoms with Crippen molar-refractivity contribution < 1.29 is 18.6 Å². The van der Waals surface area contributed by atoms with Crippen LogP contribution in [0.2, 0.25) is 0 Å². The highest BCUT2D eigenvalue weighted by molar-refractivity contribution is 6.01. The van der Waals surface area contributed by atoms with Crippen LogP contribution in [0.5, 0.6) is 5.75 Å². The lowest BCUT2D eigenvalue weighted by Gasteiger charge is -2.08. The summed E-state index contributed by atoms with van der Waals surface area (Å²) in [6.07, 6.45) is 1.52. The van der Waals surface area contributed by atoms with E-state index in [1.54, 1.807) is 43.3 Å². The quantitative estimate of drug-likeness (QED) is 0.335. The summed E-state index contributed by atoms with van der Waals surface area (Å²) in [6, 6.07) is 10.5. The fraction of sp³-hybridized carbons (Fsp3) is 0.158. The number of carbonyl (C=O) groups is 1. The van der Waals surface area contributed by atoms with Gasteiger partial charge in [0.05, 0.1) is 12.9 Å². The largest absolute Gasteiger partial charge is 0.494 e. The van der Waals surface area contributed by atoms with Gasteiger partial charge in [-0.2, -0.15) is 9.78 Å². The van der Waals surface area contributed by atoms with Crippen LogP contribution in [0.1, 0.15) is 30.1 Å². The van der Waals surface area contributed by atoms with Crippen LogP contribution in [-0.4, -0.2) is 43.5 Å². The molecule has 3 heterocycles. The van der Waals surface area contributed by atoms with E-state index < -0.39 is 5.91 Å². The van der Waals surface area contributed by atoms with Crippen molar-refractivity contribution in [1.29, 1.82) is 0 Å². The highest BCUT2D eigenvalue weighted by Crippen LogP contribution is 2.28. The molecule has 0 aliphatic rings. The molecule has 0 fully saturated rings. The molecule has 12 nitrogen and oxygen atoms in total. The second kappa shape index (κ2) is 8.49. The number of nitrogen functional groups attached to an aromatic ring is 1. The number of carbonyl (C=O) groups excluding carboxylic acids is 1. The molecule has 1 amide bonds. The summed E-state index contributed by atoms with van der Waals surface area (Å²) in [6.45, 7) is 4.12. The van der Waals surface area contributed by atoms with E-state index in [2.05, 4.69) is 35.8 Å². The van der Waals surface area contributed by atoms with Gasteiger partial charge < -0.3 is 14.9 Å². The minimum atomic E-state index is -0.587. The maximum absolute atomic E-state index is 12.9. The third-order valence-electron chi connectivity index (χ3n) is 4.22. The van der Waals surface area contributed by atoms with Crippen LogP contribution in [0.25, 0.3) is 17.1 Å². The minimum Gasteiger partial charge on any atom is -0.494 e. The fourth-order valence-electron chi connectivity index (χ4n) is 2.78. The third kappa shape index (κ3) is 3.99. The maximum Gasteiger partial charge on any atom is 0.294 e. The first-order valence-corrected chi connectivity index (χ1v) is 9.24. The van der Waals surface area contributed by atoms with Gasteiger partial charge in [-0.1, -0.05) is 5.21 Å². The number of ether oxygens (including phenoxy) is 1. The van der Waals surface area contributed by atoms with Gasteiger partial charge in [-0.15, -0.1) is 5.10 Å². The minimum absolute atomic E-state index is 0.00237. The smallest absolute Gasteiger partial charge is 0.294 e. The zero-order valence-electron chi connectivity index (χ0n) is 16.6. The molecule has 0 unspecified atom stereocenters. The number of anilines is 1. The van der Waals surface area contributed by atoms with Gasteiger partial charge in [0.2, 0.25) is 11.6 Å². The predicted molar refractivity (Wildman–Crippen MR) is 109 cm³/mol. The number of rotatable bonds is 7. The fourth-order valence-corrected chi connectivity index (χ4v) is 2.78. The summed E-state index contributed by atoms with van der Waals surface area (Å²) < 4.78 is 16.7. The summed E-state index contributed by atoms with van der Waals surface area (Å²) in [5.41, 5.74) is 9.71. The second-order valence-corrected chi connectivity index (χ2v) is 6.24. The van der Waals surface area contributed by atoms with Gasteiger partial charge in [0.15, 0.2) is 5.69 Å². The van der Waals surface area contributed by atoms with Crippen molar-refractivity contribution in [3.63, 3.8) is 0 Å². The Hall–Kier alpha value is -4.48. The summed E-state index contributed by atoms with van der Waals surface area (Å²) in [5, 5.41) is 19.4. The first-order chi connectivity index (χ1) is 15.1. The Bertz CT molecular complexity index is 1210. The van der Waals surface area contributed by atoms with E-state index in [1.165, 1.54) is 10.9 Å². The van der Waals surface area contributed by atoms with E-state index in [0.29, 0.717) is 35.1 Å². The first-order valence-electron chi connectivity index (χ1n) is 9.24. The normalized spacial score (nSPS) is 11.5. The molecular formula is C19H18N8O4. The molecule has 3 aromatic heterocycles. The van der Waals surface area contributed by atoms with E-state index in [9.17, 15) is 4.79 Å². The Balaban J connectivity index is 1.72. The molecule has 0 spiro atoms. The van der Waals surface area contributed by atoms with Crippen LogP contribution in [0.3, 0.4) is 0 Å². The van der Waals surface area contributed by atoms with Crippen molar-refractivity contribution in [2.75, 3.05) is 12.3 Å². The Morgan fingerprint density at radius 3 is 2.71 bits per heavy atom. The number of hydrazone groups is 1. The van der Waals surface area contributed by atoms with Crippen molar-refractivity contribution in [2.24, 2.45) is 5.10 Å². The molecule has 0 aliphatic carbocycles. The molecule has 0 atom stereocenters. The SMILES string of the molecule is CCOc1ccc(-c2c(C(=O)N/N=C(/C)c3ccco3)nnn2-c2nonc2N)cc1. The van der Waals surface area contributed by atoms with Crippen LogP contribution < -0.4 is 15.9 Å². The van der Waals surface area contributed by atoms with E-state index in [0.717, 1.165) is 0 Å². The summed E-state index contributed by atoms with van der Waals surface area (Å²) >= 11 is 0. The van der Waals surface area contributed by atoms with Gasteiger partial charge in [-0.05, 0) is 60.6 Å². The zero-order chi connectivity index (χ0) is 21.8. The third-order valence-corrected chi connectivity index (χ3v) is 4.22. The van der Waals surface area contributed by atoms with Crippen molar-refractivity contribution in [3.8, 4) is 22.8 Å². The monoisotopic (exact) mass is 422 g/mol. The van der Waals surface area contributed by atoms with Gasteiger partial charge in [-0.3, -0.25) is 4.79 Å². The molecule has 4 rings (SSSR count). The molecule has 1 aromatic carbocycles. The number of nitrogens with zero attached hydrogens (tertiary/aromatic N) is 6. The molecule has 0 saturated carbocycles. The van der Waals surface area contributed by atoms with Crippen LogP contribution in [0, 0.1) is 0 Å². The van der Waals surface area contributed by atoms with Crippen molar-refractivity contribution in [3.05, 3.63) is 54.1 Å². The Labute approximate surface area is 175 Å². The van der Waals surface area contributed by atoms with Crippen LogP contribution in [0.4, 0.5) is 5.82 Å². The molecule has 31 heavy (non-hydrogen) atoms. The standard InChI is InChI=1S/C19H18N8O4/c1-3-29-13-8-6-12(7-9-13)16-15(22-26-27(16)18-17(20)24-31-25-18)19(28)23-21-11(2)14-5-4-10-30-14/h4-10H,3H2,1-2H3,(H2,20,24)(H,23,28)/b21-11-. The number of hydrogen-bond acceptors (Lipinski definition) is 10. The lowest BCUT2D eigenvalue weighted by Crippen LogP contribution is -2.20. The maximum atomic E-state index is 12.9. The summed E-state index contributed by atoms with van der Waals surface area (Å²) in [4.78, 5) is 12.9. The van der Waals surface area contributed by atoms with Gasteiger partial charge in [0.25, 0.3) is 5.91 Å². The van der Waals surface area contributed by atoms with Gasteiger partial charge >= 0.3 is 0 Å². The number of nitrogens with one attached hydrogen (secondary N) is 1. The molecule has 0 saturated heterocycles. The van der Waals surface area contributed by atoms with E-state index in [-0.39, 0.29) is 17.3 Å².